The Bertz CT molecular complexity index is 1940. The molecule has 1 amide bonds. The van der Waals surface area contributed by atoms with Crippen molar-refractivity contribution >= 4 is 40.3 Å². The van der Waals surface area contributed by atoms with Gasteiger partial charge in [0.05, 0.1) is 53.0 Å². The number of aliphatic hydroxyl groups is 2. The van der Waals surface area contributed by atoms with E-state index in [1.165, 1.54) is 53.2 Å². The van der Waals surface area contributed by atoms with E-state index >= 15 is 0 Å². The number of hydrogen-bond acceptors (Lipinski definition) is 14. The normalized spacial score (nSPS) is 31.4. The molecule has 2 aromatic carbocycles. The third-order valence-corrected chi connectivity index (χ3v) is 10.4. The number of nitrogens with zero attached hydrogens (tertiary/aromatic N) is 1. The number of allylic oxidation sites excluding steroid dienone is 2. The number of phenols is 3. The van der Waals surface area contributed by atoms with Crippen LogP contribution in [0.4, 0.5) is 5.69 Å². The number of aliphatic hydroxyl groups excluding tert-OH is 2. The first-order valence-corrected chi connectivity index (χ1v) is 18.1. The van der Waals surface area contributed by atoms with E-state index in [9.17, 15) is 39.9 Å². The van der Waals surface area contributed by atoms with Gasteiger partial charge in [-0.25, -0.2) is 0 Å². The number of aromatic hydroxyl groups is 3. The van der Waals surface area contributed by atoms with Crippen LogP contribution in [0.3, 0.4) is 0 Å². The summed E-state index contributed by atoms with van der Waals surface area (Å²) in [5.41, 5.74) is -0.610. The number of anilines is 1. The number of oxime groups is 1. The fourth-order valence-corrected chi connectivity index (χ4v) is 7.04. The number of esters is 1. The standard InChI is InChI=1S/C40H52N2O13/c1-11-53-41-17-25-30-35(48)28-27(34(25)47)29-37(23(7)33(28)46)55-40(9,38(29)49)52-16-15-26(51-10)20(4)36(54-24(8)43)22(6)32(45)21(5)31(44)18(2)13-12-14-19(3)39(50)42-30/h12-18,20-22,26,31-32,36,44-48H,11H2,1-10H3,(H,42,50)/b13-12-,16-15-,19-14-,41-17+. The SMILES string of the molecule is CCO/N=C/c1c2c(O)c3c(O)c(C)c4c(c3c1O)C(=O)C(C)(O/C=C\C(OC)C(C)C(OC(C)=O)C(C)C(O)C(C)C(O)C(C)/C=C\C=C(\C)C(=O)N2)O4. The number of Topliss-reactive ketones (excluding diaryl/α,β-unsaturated/α-hetero) is 1. The Morgan fingerprint density at radius 3 is 2.27 bits per heavy atom. The summed E-state index contributed by atoms with van der Waals surface area (Å²) in [4.78, 5) is 45.1. The van der Waals surface area contributed by atoms with Gasteiger partial charge in [-0.05, 0) is 26.8 Å². The minimum Gasteiger partial charge on any atom is -0.507 e. The number of ketones is 1. The summed E-state index contributed by atoms with van der Waals surface area (Å²) in [7, 11) is 1.42. The lowest BCUT2D eigenvalue weighted by molar-refractivity contribution is -0.160. The molecule has 55 heavy (non-hydrogen) atoms. The first kappa shape index (κ1) is 42.6. The summed E-state index contributed by atoms with van der Waals surface area (Å²) in [6.45, 7) is 14.2. The van der Waals surface area contributed by atoms with Gasteiger partial charge < -0.3 is 54.6 Å². The first-order chi connectivity index (χ1) is 25.8. The number of ether oxygens (including phenoxy) is 4. The maximum absolute atomic E-state index is 14.2. The van der Waals surface area contributed by atoms with Gasteiger partial charge in [-0.3, -0.25) is 14.4 Å². The van der Waals surface area contributed by atoms with E-state index in [2.05, 4.69) is 10.5 Å². The molecule has 0 saturated carbocycles. The molecule has 0 radical (unpaired) electrons. The topological polar surface area (TPSA) is 223 Å². The Morgan fingerprint density at radius 1 is 0.982 bits per heavy atom. The number of methoxy groups -OCH3 is 1. The van der Waals surface area contributed by atoms with E-state index in [0.29, 0.717) is 0 Å². The van der Waals surface area contributed by atoms with Gasteiger partial charge in [-0.2, -0.15) is 0 Å². The van der Waals surface area contributed by atoms with E-state index in [1.54, 1.807) is 46.8 Å². The molecule has 5 bridgehead atoms. The van der Waals surface area contributed by atoms with Crippen molar-refractivity contribution in [3.05, 3.63) is 52.8 Å². The van der Waals surface area contributed by atoms with Crippen molar-refractivity contribution in [2.24, 2.45) is 28.8 Å². The molecule has 3 aliphatic rings. The van der Waals surface area contributed by atoms with Crippen molar-refractivity contribution in [3.63, 3.8) is 0 Å². The van der Waals surface area contributed by atoms with Crippen LogP contribution in [0.25, 0.3) is 10.8 Å². The van der Waals surface area contributed by atoms with Crippen LogP contribution < -0.4 is 10.1 Å². The van der Waals surface area contributed by atoms with E-state index in [1.807, 2.05) is 0 Å². The molecule has 5 rings (SSSR count). The van der Waals surface area contributed by atoms with Crippen LogP contribution in [-0.2, 0) is 28.6 Å². The van der Waals surface area contributed by atoms with Crippen LogP contribution in [0, 0.1) is 30.6 Å². The second kappa shape index (κ2) is 17.1. The van der Waals surface area contributed by atoms with E-state index in [-0.39, 0.29) is 51.1 Å². The van der Waals surface area contributed by atoms with Crippen LogP contribution >= 0.6 is 0 Å². The highest BCUT2D eigenvalue weighted by Gasteiger charge is 2.50. The lowest BCUT2D eigenvalue weighted by Gasteiger charge is -2.38. The molecular formula is C40H52N2O13. The molecule has 0 spiro atoms. The second-order valence-corrected chi connectivity index (χ2v) is 14.3. The number of phenolic OH excluding ortho intramolecular Hbond substituents is 3. The molecule has 3 heterocycles. The van der Waals surface area contributed by atoms with Crippen LogP contribution in [0.15, 0.2) is 41.3 Å². The highest BCUT2D eigenvalue weighted by Crippen LogP contribution is 2.55. The lowest BCUT2D eigenvalue weighted by atomic mass is 9.78. The van der Waals surface area contributed by atoms with E-state index < -0.39 is 88.8 Å². The van der Waals surface area contributed by atoms with Gasteiger partial charge in [0.2, 0.25) is 0 Å². The molecule has 2 aromatic rings. The zero-order valence-corrected chi connectivity index (χ0v) is 32.7. The third kappa shape index (κ3) is 8.28. The number of fused-ring (bicyclic) bond motifs is 14. The molecule has 9 unspecified atom stereocenters. The van der Waals surface area contributed by atoms with Crippen molar-refractivity contribution in [2.75, 3.05) is 19.0 Å². The summed E-state index contributed by atoms with van der Waals surface area (Å²) >= 11 is 0. The molecule has 0 saturated heterocycles. The number of nitrogens with one attached hydrogen (secondary N) is 1. The molecule has 9 atom stereocenters. The van der Waals surface area contributed by atoms with Gasteiger partial charge in [0.25, 0.3) is 11.7 Å². The van der Waals surface area contributed by atoms with Crippen LogP contribution in [0.5, 0.6) is 23.0 Å². The number of rotatable bonds is 5. The van der Waals surface area contributed by atoms with Gasteiger partial charge in [0.1, 0.15) is 30.0 Å². The van der Waals surface area contributed by atoms with Crippen molar-refractivity contribution in [1.82, 2.24) is 0 Å². The number of carbonyl (C=O) groups excluding carboxylic acids is 3. The maximum Gasteiger partial charge on any atom is 0.312 e. The number of amides is 1. The Kier molecular flexibility index (Phi) is 13.3. The van der Waals surface area contributed by atoms with Crippen LogP contribution in [0.2, 0.25) is 0 Å². The summed E-state index contributed by atoms with van der Waals surface area (Å²) in [6.07, 6.45) is 4.49. The largest absolute Gasteiger partial charge is 0.507 e. The summed E-state index contributed by atoms with van der Waals surface area (Å²) in [5.74, 6) is -8.61. The number of hydrogen-bond donors (Lipinski definition) is 6. The lowest BCUT2D eigenvalue weighted by Crippen LogP contribution is -2.46. The second-order valence-electron chi connectivity index (χ2n) is 14.3. The molecule has 15 nitrogen and oxygen atoms in total. The Hall–Kier alpha value is -5.12. The van der Waals surface area contributed by atoms with Crippen LogP contribution in [0.1, 0.15) is 76.9 Å². The minimum absolute atomic E-state index is 0.0345. The monoisotopic (exact) mass is 768 g/mol. The summed E-state index contributed by atoms with van der Waals surface area (Å²) in [6, 6.07) is 0. The third-order valence-electron chi connectivity index (χ3n) is 10.4. The average Bonchev–Trinajstić information content (AvgIpc) is 3.41. The molecule has 15 heteroatoms. The van der Waals surface area contributed by atoms with Gasteiger partial charge >= 0.3 is 11.8 Å². The quantitative estimate of drug-likeness (QED) is 0.0765. The smallest absolute Gasteiger partial charge is 0.312 e. The summed E-state index contributed by atoms with van der Waals surface area (Å²) in [5, 5.41) is 63.3. The van der Waals surface area contributed by atoms with E-state index in [4.69, 9.17) is 23.8 Å². The molecule has 3 aliphatic heterocycles. The molecule has 0 aliphatic carbocycles. The zero-order valence-electron chi connectivity index (χ0n) is 32.7. The minimum atomic E-state index is -2.05. The number of carbonyl (C=O) groups is 3. The predicted molar refractivity (Wildman–Crippen MR) is 203 cm³/mol. The number of benzene rings is 2. The molecule has 6 N–H and O–H groups in total. The Morgan fingerprint density at radius 2 is 1.65 bits per heavy atom. The molecule has 0 fully saturated rings. The fraction of sp³-hybridized carbons (Fsp3) is 0.500. The van der Waals surface area contributed by atoms with Crippen molar-refractivity contribution in [3.8, 4) is 23.0 Å². The summed E-state index contributed by atoms with van der Waals surface area (Å²) < 4.78 is 23.4. The van der Waals surface area contributed by atoms with Crippen molar-refractivity contribution in [2.45, 2.75) is 92.5 Å². The predicted octanol–water partition coefficient (Wildman–Crippen LogP) is 5.12. The van der Waals surface area contributed by atoms with Crippen LogP contribution in [-0.4, -0.2) is 93.3 Å². The average molecular weight is 769 g/mol. The van der Waals surface area contributed by atoms with Gasteiger partial charge in [-0.1, -0.05) is 51.1 Å². The van der Waals surface area contributed by atoms with Gasteiger partial charge in [0.15, 0.2) is 5.75 Å². The van der Waals surface area contributed by atoms with Crippen molar-refractivity contribution in [1.29, 1.82) is 0 Å². The molecule has 300 valence electrons. The molecule has 0 aromatic heterocycles. The molecular weight excluding hydrogens is 716 g/mol. The first-order valence-electron chi connectivity index (χ1n) is 18.1. The highest BCUT2D eigenvalue weighted by molar-refractivity contribution is 6.23. The van der Waals surface area contributed by atoms with Crippen molar-refractivity contribution < 1.29 is 63.7 Å². The maximum atomic E-state index is 14.2. The van der Waals surface area contributed by atoms with E-state index in [0.717, 1.165) is 6.21 Å². The van der Waals surface area contributed by atoms with Gasteiger partial charge in [0, 0.05) is 61.2 Å². The Balaban J connectivity index is 1.97. The highest BCUT2D eigenvalue weighted by atomic mass is 16.7. The fourth-order valence-electron chi connectivity index (χ4n) is 7.04. The Labute approximate surface area is 319 Å². The zero-order chi connectivity index (χ0) is 41.1. The van der Waals surface area contributed by atoms with Gasteiger partial charge in [-0.15, -0.1) is 0 Å².